The molecule has 0 radical (unpaired) electrons. The summed E-state index contributed by atoms with van der Waals surface area (Å²) >= 11 is 0. The normalized spacial score (nSPS) is 20.6. The van der Waals surface area contributed by atoms with E-state index in [2.05, 4.69) is 5.32 Å². The summed E-state index contributed by atoms with van der Waals surface area (Å²) in [6, 6.07) is 4.69. The van der Waals surface area contributed by atoms with Crippen LogP contribution in [-0.2, 0) is 14.6 Å². The first kappa shape index (κ1) is 14.6. The maximum Gasteiger partial charge on any atom is 0.338 e. The third-order valence-corrected chi connectivity index (χ3v) is 4.92. The van der Waals surface area contributed by atoms with Crippen LogP contribution in [0.15, 0.2) is 18.2 Å². The van der Waals surface area contributed by atoms with Crippen molar-refractivity contribution in [2.75, 3.05) is 29.2 Å². The van der Waals surface area contributed by atoms with Crippen molar-refractivity contribution in [2.45, 2.75) is 19.4 Å². The molecule has 20 heavy (non-hydrogen) atoms. The molecular formula is C13H18N2O4S. The van der Waals surface area contributed by atoms with Crippen LogP contribution in [-0.4, -0.2) is 38.5 Å². The van der Waals surface area contributed by atoms with E-state index in [4.69, 9.17) is 10.5 Å². The second kappa shape index (κ2) is 5.70. The number of carbonyl (C=O) groups is 1. The number of nitrogen functional groups attached to an aromatic ring is 1. The number of ether oxygens (including phenoxy) is 1. The van der Waals surface area contributed by atoms with E-state index in [-0.39, 0.29) is 17.5 Å². The first-order valence-electron chi connectivity index (χ1n) is 6.45. The van der Waals surface area contributed by atoms with E-state index in [1.165, 1.54) is 6.07 Å². The number of benzene rings is 1. The van der Waals surface area contributed by atoms with Gasteiger partial charge in [0, 0.05) is 6.04 Å². The number of sulfone groups is 1. The summed E-state index contributed by atoms with van der Waals surface area (Å²) in [5.74, 6) is -0.105. The van der Waals surface area contributed by atoms with E-state index >= 15 is 0 Å². The maximum atomic E-state index is 11.6. The Balaban J connectivity index is 2.09. The van der Waals surface area contributed by atoms with E-state index < -0.39 is 15.8 Å². The molecule has 1 aliphatic rings. The van der Waals surface area contributed by atoms with Crippen LogP contribution in [0.4, 0.5) is 11.4 Å². The summed E-state index contributed by atoms with van der Waals surface area (Å²) in [5.41, 5.74) is 7.31. The van der Waals surface area contributed by atoms with Gasteiger partial charge in [-0.2, -0.15) is 0 Å². The number of nitrogens with two attached hydrogens (primary N) is 1. The molecule has 0 saturated carbocycles. The summed E-state index contributed by atoms with van der Waals surface area (Å²) in [6.07, 6.45) is 0.571. The van der Waals surface area contributed by atoms with Crippen LogP contribution < -0.4 is 11.1 Å². The zero-order chi connectivity index (χ0) is 14.8. The lowest BCUT2D eigenvalue weighted by Crippen LogP contribution is -2.21. The van der Waals surface area contributed by atoms with E-state index in [1.54, 1.807) is 19.1 Å². The second-order valence-corrected chi connectivity index (χ2v) is 7.00. The van der Waals surface area contributed by atoms with Crippen molar-refractivity contribution in [2.24, 2.45) is 0 Å². The number of anilines is 2. The molecule has 1 aromatic carbocycles. The summed E-state index contributed by atoms with van der Waals surface area (Å²) in [4.78, 5) is 11.6. The van der Waals surface area contributed by atoms with Gasteiger partial charge in [-0.15, -0.1) is 0 Å². The molecule has 6 nitrogen and oxygen atoms in total. The van der Waals surface area contributed by atoms with Crippen LogP contribution in [0.2, 0.25) is 0 Å². The lowest BCUT2D eigenvalue weighted by Gasteiger charge is -2.15. The Morgan fingerprint density at radius 1 is 1.50 bits per heavy atom. The van der Waals surface area contributed by atoms with Crippen molar-refractivity contribution in [1.29, 1.82) is 0 Å². The van der Waals surface area contributed by atoms with Gasteiger partial charge in [0.1, 0.15) is 0 Å². The fourth-order valence-corrected chi connectivity index (χ4v) is 3.84. The molecule has 1 saturated heterocycles. The molecule has 7 heteroatoms. The first-order chi connectivity index (χ1) is 9.41. The summed E-state index contributed by atoms with van der Waals surface area (Å²) in [5, 5.41) is 3.11. The number of nitrogens with one attached hydrogen (secondary N) is 1. The fourth-order valence-electron chi connectivity index (χ4n) is 2.16. The van der Waals surface area contributed by atoms with Crippen LogP contribution >= 0.6 is 0 Å². The Hall–Kier alpha value is -1.76. The Bertz CT molecular complexity index is 613. The molecule has 1 unspecified atom stereocenters. The smallest absolute Gasteiger partial charge is 0.338 e. The zero-order valence-electron chi connectivity index (χ0n) is 11.3. The van der Waals surface area contributed by atoms with Gasteiger partial charge in [0.2, 0.25) is 0 Å². The largest absolute Gasteiger partial charge is 0.462 e. The summed E-state index contributed by atoms with van der Waals surface area (Å²) < 4.78 is 27.7. The Morgan fingerprint density at radius 3 is 2.80 bits per heavy atom. The van der Waals surface area contributed by atoms with Gasteiger partial charge in [-0.05, 0) is 31.5 Å². The molecule has 110 valence electrons. The standard InChI is InChI=1S/C13H18N2O4S/c1-2-19-13(16)9-3-4-12(11(14)7-9)15-10-5-6-20(17,18)8-10/h3-4,7,10,15H,2,5-6,8,14H2,1H3. The molecule has 1 aromatic rings. The van der Waals surface area contributed by atoms with Crippen molar-refractivity contribution < 1.29 is 17.9 Å². The molecule has 1 atom stereocenters. The lowest BCUT2D eigenvalue weighted by molar-refractivity contribution is 0.0526. The molecule has 1 heterocycles. The molecule has 1 fully saturated rings. The lowest BCUT2D eigenvalue weighted by atomic mass is 10.1. The van der Waals surface area contributed by atoms with Gasteiger partial charge in [0.15, 0.2) is 9.84 Å². The average molecular weight is 298 g/mol. The van der Waals surface area contributed by atoms with Crippen molar-refractivity contribution in [1.82, 2.24) is 0 Å². The van der Waals surface area contributed by atoms with Crippen LogP contribution in [0, 0.1) is 0 Å². The van der Waals surface area contributed by atoms with Gasteiger partial charge >= 0.3 is 5.97 Å². The highest BCUT2D eigenvalue weighted by molar-refractivity contribution is 7.91. The van der Waals surface area contributed by atoms with Gasteiger partial charge in [-0.3, -0.25) is 0 Å². The molecular weight excluding hydrogens is 280 g/mol. The number of hydrogen-bond donors (Lipinski definition) is 2. The highest BCUT2D eigenvalue weighted by Crippen LogP contribution is 2.24. The van der Waals surface area contributed by atoms with Crippen LogP contribution in [0.25, 0.3) is 0 Å². The molecule has 0 spiro atoms. The molecule has 0 aromatic heterocycles. The molecule has 0 aliphatic carbocycles. The highest BCUT2D eigenvalue weighted by Gasteiger charge is 2.28. The quantitative estimate of drug-likeness (QED) is 0.636. The monoisotopic (exact) mass is 298 g/mol. The van der Waals surface area contributed by atoms with Gasteiger partial charge in [0.05, 0.1) is 35.1 Å². The van der Waals surface area contributed by atoms with Gasteiger partial charge in [-0.1, -0.05) is 0 Å². The predicted molar refractivity (Wildman–Crippen MR) is 77.5 cm³/mol. The van der Waals surface area contributed by atoms with E-state index in [1.807, 2.05) is 0 Å². The zero-order valence-corrected chi connectivity index (χ0v) is 12.1. The van der Waals surface area contributed by atoms with Gasteiger partial charge in [0.25, 0.3) is 0 Å². The van der Waals surface area contributed by atoms with Crippen LogP contribution in [0.1, 0.15) is 23.7 Å². The third kappa shape index (κ3) is 3.41. The summed E-state index contributed by atoms with van der Waals surface area (Å²) in [7, 11) is -2.93. The molecule has 2 rings (SSSR count). The van der Waals surface area contributed by atoms with Crippen LogP contribution in [0.3, 0.4) is 0 Å². The first-order valence-corrected chi connectivity index (χ1v) is 8.27. The maximum absolute atomic E-state index is 11.6. The van der Waals surface area contributed by atoms with E-state index in [9.17, 15) is 13.2 Å². The molecule has 1 aliphatic heterocycles. The van der Waals surface area contributed by atoms with E-state index in [0.29, 0.717) is 30.0 Å². The second-order valence-electron chi connectivity index (χ2n) is 4.77. The number of carbonyl (C=O) groups excluding carboxylic acids is 1. The Kier molecular flexibility index (Phi) is 4.17. The molecule has 0 amide bonds. The topological polar surface area (TPSA) is 98.5 Å². The molecule has 0 bridgehead atoms. The predicted octanol–water partition coefficient (Wildman–Crippen LogP) is 1.04. The number of hydrogen-bond acceptors (Lipinski definition) is 6. The minimum absolute atomic E-state index is 0.117. The number of rotatable bonds is 4. The minimum Gasteiger partial charge on any atom is -0.462 e. The van der Waals surface area contributed by atoms with Crippen molar-refractivity contribution in [3.63, 3.8) is 0 Å². The van der Waals surface area contributed by atoms with Crippen molar-refractivity contribution in [3.8, 4) is 0 Å². The SMILES string of the molecule is CCOC(=O)c1ccc(NC2CCS(=O)(=O)C2)c(N)c1. The minimum atomic E-state index is -2.93. The highest BCUT2D eigenvalue weighted by atomic mass is 32.2. The fraction of sp³-hybridized carbons (Fsp3) is 0.462. The Morgan fingerprint density at radius 2 is 2.25 bits per heavy atom. The van der Waals surface area contributed by atoms with Crippen molar-refractivity contribution in [3.05, 3.63) is 23.8 Å². The molecule has 3 N–H and O–H groups in total. The summed E-state index contributed by atoms with van der Waals surface area (Å²) in [6.45, 7) is 2.04. The average Bonchev–Trinajstić information content (AvgIpc) is 2.71. The van der Waals surface area contributed by atoms with Crippen molar-refractivity contribution >= 4 is 27.2 Å². The van der Waals surface area contributed by atoms with Crippen LogP contribution in [0.5, 0.6) is 0 Å². The van der Waals surface area contributed by atoms with Gasteiger partial charge < -0.3 is 15.8 Å². The van der Waals surface area contributed by atoms with E-state index in [0.717, 1.165) is 0 Å². The third-order valence-electron chi connectivity index (χ3n) is 3.15. The number of esters is 1. The Labute approximate surface area is 118 Å². The van der Waals surface area contributed by atoms with Gasteiger partial charge in [-0.25, -0.2) is 13.2 Å².